The zero-order valence-electron chi connectivity index (χ0n) is 18.8. The molecule has 1 aromatic heterocycles. The van der Waals surface area contributed by atoms with E-state index in [1.54, 1.807) is 35.7 Å². The average molecular weight is 447 g/mol. The average Bonchev–Trinajstić information content (AvgIpc) is 2.79. The summed E-state index contributed by atoms with van der Waals surface area (Å²) in [6, 6.07) is 12.8. The van der Waals surface area contributed by atoms with Crippen molar-refractivity contribution in [3.05, 3.63) is 54.4 Å². The second-order valence-corrected chi connectivity index (χ2v) is 10.1. The zero-order valence-corrected chi connectivity index (χ0v) is 19.6. The quantitative estimate of drug-likeness (QED) is 0.558. The Bertz CT molecular complexity index is 913. The SMILES string of the molecule is COc1cccc(S(=O)(=O)N(CCN(C)C)C2CCN(CCc3ccccn3)CC2)c1. The number of sulfonamides is 1. The fourth-order valence-electron chi connectivity index (χ4n) is 3.94. The van der Waals surface area contributed by atoms with Crippen LogP contribution in [0.3, 0.4) is 0 Å². The number of rotatable bonds is 10. The molecule has 1 aromatic carbocycles. The number of likely N-dealkylation sites (tertiary alicyclic amines) is 1. The number of piperidine rings is 1. The largest absolute Gasteiger partial charge is 0.497 e. The predicted octanol–water partition coefficient (Wildman–Crippen LogP) is 2.35. The summed E-state index contributed by atoms with van der Waals surface area (Å²) in [5.41, 5.74) is 1.10. The van der Waals surface area contributed by atoms with Crippen LogP contribution < -0.4 is 4.74 Å². The smallest absolute Gasteiger partial charge is 0.243 e. The lowest BCUT2D eigenvalue weighted by atomic mass is 10.0. The maximum Gasteiger partial charge on any atom is 0.243 e. The molecule has 170 valence electrons. The van der Waals surface area contributed by atoms with Crippen molar-refractivity contribution < 1.29 is 13.2 Å². The highest BCUT2D eigenvalue weighted by molar-refractivity contribution is 7.89. The van der Waals surface area contributed by atoms with Gasteiger partial charge in [0.1, 0.15) is 5.75 Å². The minimum absolute atomic E-state index is 0.00208. The minimum Gasteiger partial charge on any atom is -0.497 e. The van der Waals surface area contributed by atoms with E-state index in [0.717, 1.165) is 44.6 Å². The lowest BCUT2D eigenvalue weighted by molar-refractivity contribution is 0.155. The highest BCUT2D eigenvalue weighted by atomic mass is 32.2. The number of hydrogen-bond acceptors (Lipinski definition) is 6. The number of aromatic nitrogens is 1. The Hall–Kier alpha value is -2.00. The molecule has 7 nitrogen and oxygen atoms in total. The number of methoxy groups -OCH3 is 1. The minimum atomic E-state index is -3.60. The van der Waals surface area contributed by atoms with Crippen LogP contribution in [-0.2, 0) is 16.4 Å². The van der Waals surface area contributed by atoms with E-state index in [1.807, 2.05) is 37.3 Å². The summed E-state index contributed by atoms with van der Waals surface area (Å²) in [4.78, 5) is 9.13. The number of benzene rings is 1. The van der Waals surface area contributed by atoms with Crippen molar-refractivity contribution in [2.75, 3.05) is 53.9 Å². The Morgan fingerprint density at radius 1 is 1.10 bits per heavy atom. The van der Waals surface area contributed by atoms with Crippen LogP contribution in [0.4, 0.5) is 0 Å². The first kappa shape index (κ1) is 23.7. The van der Waals surface area contributed by atoms with Gasteiger partial charge in [-0.05, 0) is 64.3 Å². The van der Waals surface area contributed by atoms with Gasteiger partial charge in [-0.3, -0.25) is 4.98 Å². The molecular formula is C23H34N4O3S. The fraction of sp³-hybridized carbons (Fsp3) is 0.522. The van der Waals surface area contributed by atoms with Crippen molar-refractivity contribution in [3.63, 3.8) is 0 Å². The Labute approximate surface area is 186 Å². The van der Waals surface area contributed by atoms with Gasteiger partial charge < -0.3 is 14.5 Å². The third kappa shape index (κ3) is 6.49. The number of likely N-dealkylation sites (N-methyl/N-ethyl adjacent to an activating group) is 1. The third-order valence-corrected chi connectivity index (χ3v) is 7.74. The maximum absolute atomic E-state index is 13.5. The molecule has 1 saturated heterocycles. The second-order valence-electron chi connectivity index (χ2n) is 8.24. The van der Waals surface area contributed by atoms with Gasteiger partial charge in [0.15, 0.2) is 0 Å². The van der Waals surface area contributed by atoms with E-state index in [0.29, 0.717) is 23.7 Å². The number of ether oxygens (including phenoxy) is 1. The first-order chi connectivity index (χ1) is 14.9. The standard InChI is InChI=1S/C23H34N4O3S/c1-25(2)17-18-27(31(28,29)23-9-6-8-22(19-23)30-3)21-11-15-26(16-12-21)14-10-20-7-4-5-13-24-20/h4-9,13,19,21H,10-12,14-18H2,1-3H3. The van der Waals surface area contributed by atoms with E-state index in [2.05, 4.69) is 16.0 Å². The number of hydrogen-bond donors (Lipinski definition) is 0. The fourth-order valence-corrected chi connectivity index (χ4v) is 5.66. The molecule has 0 spiro atoms. The van der Waals surface area contributed by atoms with E-state index >= 15 is 0 Å². The molecule has 2 aromatic rings. The molecule has 0 bridgehead atoms. The van der Waals surface area contributed by atoms with E-state index < -0.39 is 10.0 Å². The van der Waals surface area contributed by atoms with Crippen molar-refractivity contribution >= 4 is 10.0 Å². The highest BCUT2D eigenvalue weighted by Gasteiger charge is 2.33. The van der Waals surface area contributed by atoms with Gasteiger partial charge in [0.25, 0.3) is 0 Å². The Balaban J connectivity index is 1.68. The monoisotopic (exact) mass is 446 g/mol. The zero-order chi connectivity index (χ0) is 22.3. The summed E-state index contributed by atoms with van der Waals surface area (Å²) in [5.74, 6) is 0.554. The van der Waals surface area contributed by atoms with Crippen molar-refractivity contribution in [3.8, 4) is 5.75 Å². The van der Waals surface area contributed by atoms with Crippen LogP contribution >= 0.6 is 0 Å². The van der Waals surface area contributed by atoms with Crippen LogP contribution in [0.15, 0.2) is 53.6 Å². The van der Waals surface area contributed by atoms with Crippen molar-refractivity contribution in [1.29, 1.82) is 0 Å². The molecule has 31 heavy (non-hydrogen) atoms. The molecule has 1 fully saturated rings. The number of nitrogens with zero attached hydrogens (tertiary/aromatic N) is 4. The van der Waals surface area contributed by atoms with Gasteiger partial charge in [0, 0.05) is 50.1 Å². The molecule has 8 heteroatoms. The lowest BCUT2D eigenvalue weighted by Gasteiger charge is -2.38. The normalized spacial score (nSPS) is 16.2. The molecule has 0 atom stereocenters. The van der Waals surface area contributed by atoms with E-state index in [1.165, 1.54) is 0 Å². The van der Waals surface area contributed by atoms with Crippen LogP contribution in [0, 0.1) is 0 Å². The second kappa shape index (κ2) is 11.0. The topological polar surface area (TPSA) is 66.0 Å². The molecular weight excluding hydrogens is 412 g/mol. The van der Waals surface area contributed by atoms with E-state index in [9.17, 15) is 8.42 Å². The summed E-state index contributed by atoms with van der Waals surface area (Å²) in [6.45, 7) is 3.89. The van der Waals surface area contributed by atoms with Crippen molar-refractivity contribution in [2.45, 2.75) is 30.2 Å². The molecule has 1 aliphatic heterocycles. The summed E-state index contributed by atoms with van der Waals surface area (Å²) in [6.07, 6.45) is 4.41. The predicted molar refractivity (Wildman–Crippen MR) is 123 cm³/mol. The molecule has 0 aliphatic carbocycles. The van der Waals surface area contributed by atoms with Gasteiger partial charge >= 0.3 is 0 Å². The maximum atomic E-state index is 13.5. The summed E-state index contributed by atoms with van der Waals surface area (Å²) in [7, 11) is 1.89. The molecule has 0 saturated carbocycles. The molecule has 0 unspecified atom stereocenters. The van der Waals surface area contributed by atoms with Gasteiger partial charge in [0.05, 0.1) is 12.0 Å². The summed E-state index contributed by atoms with van der Waals surface area (Å²) < 4.78 is 34.0. The molecule has 0 radical (unpaired) electrons. The lowest BCUT2D eigenvalue weighted by Crippen LogP contribution is -2.49. The first-order valence-electron chi connectivity index (χ1n) is 10.8. The molecule has 0 amide bonds. The van der Waals surface area contributed by atoms with Crippen LogP contribution in [0.2, 0.25) is 0 Å². The first-order valence-corrected chi connectivity index (χ1v) is 12.3. The highest BCUT2D eigenvalue weighted by Crippen LogP contribution is 2.26. The number of pyridine rings is 1. The van der Waals surface area contributed by atoms with Crippen LogP contribution in [0.5, 0.6) is 5.75 Å². The molecule has 2 heterocycles. The van der Waals surface area contributed by atoms with Crippen molar-refractivity contribution in [2.24, 2.45) is 0 Å². The Morgan fingerprint density at radius 2 is 1.87 bits per heavy atom. The van der Waals surface area contributed by atoms with Crippen LogP contribution in [0.1, 0.15) is 18.5 Å². The third-order valence-electron chi connectivity index (χ3n) is 5.79. The van der Waals surface area contributed by atoms with Gasteiger partial charge in [-0.2, -0.15) is 4.31 Å². The van der Waals surface area contributed by atoms with E-state index in [4.69, 9.17) is 4.74 Å². The molecule has 0 N–H and O–H groups in total. The summed E-state index contributed by atoms with van der Waals surface area (Å²) in [5, 5.41) is 0. The van der Waals surface area contributed by atoms with Crippen LogP contribution in [0.25, 0.3) is 0 Å². The van der Waals surface area contributed by atoms with E-state index in [-0.39, 0.29) is 6.04 Å². The molecule has 3 rings (SSSR count). The molecule has 1 aliphatic rings. The van der Waals surface area contributed by atoms with Crippen molar-refractivity contribution in [1.82, 2.24) is 19.1 Å². The Morgan fingerprint density at radius 3 is 2.52 bits per heavy atom. The van der Waals surface area contributed by atoms with Crippen LogP contribution in [-0.4, -0.2) is 87.5 Å². The van der Waals surface area contributed by atoms with Gasteiger partial charge in [-0.1, -0.05) is 12.1 Å². The van der Waals surface area contributed by atoms with Gasteiger partial charge in [0.2, 0.25) is 10.0 Å². The van der Waals surface area contributed by atoms with Gasteiger partial charge in [-0.15, -0.1) is 0 Å². The summed E-state index contributed by atoms with van der Waals surface area (Å²) >= 11 is 0. The van der Waals surface area contributed by atoms with Gasteiger partial charge in [-0.25, -0.2) is 8.42 Å². The Kier molecular flexibility index (Phi) is 8.43.